The number of thiocarbonyl (C=S) groups is 1. The number of nitrogens with zero attached hydrogens (tertiary/aromatic N) is 2. The topological polar surface area (TPSA) is 87.3 Å². The van der Waals surface area contributed by atoms with E-state index >= 15 is 0 Å². The molecule has 2 heterocycles. The Hall–Kier alpha value is -2.67. The van der Waals surface area contributed by atoms with Crippen LogP contribution in [0.2, 0.25) is 0 Å². The third kappa shape index (κ3) is 5.20. The van der Waals surface area contributed by atoms with E-state index in [4.69, 9.17) is 28.1 Å². The van der Waals surface area contributed by atoms with Gasteiger partial charge < -0.3 is 15.8 Å². The second-order valence-corrected chi connectivity index (χ2v) is 5.45. The van der Waals surface area contributed by atoms with Crippen LogP contribution in [0.5, 0.6) is 5.75 Å². The van der Waals surface area contributed by atoms with Gasteiger partial charge in [0.2, 0.25) is 0 Å². The first kappa shape index (κ1) is 17.7. The van der Waals surface area contributed by atoms with Gasteiger partial charge in [-0.1, -0.05) is 18.2 Å². The second kappa shape index (κ2) is 8.83. The van der Waals surface area contributed by atoms with Crippen molar-refractivity contribution in [3.05, 3.63) is 59.9 Å². The van der Waals surface area contributed by atoms with E-state index in [0.717, 1.165) is 18.1 Å². The fourth-order valence-corrected chi connectivity index (χ4v) is 2.37. The van der Waals surface area contributed by atoms with Gasteiger partial charge in [0.1, 0.15) is 12.4 Å². The molecule has 0 saturated carbocycles. The number of fused-ring (bicyclic) bond motifs is 2. The molecule has 0 amide bonds. The molecule has 7 heteroatoms. The number of nitrogens with two attached hydrogens (primary N) is 1. The average Bonchev–Trinajstić information content (AvgIpc) is 2.92. The third-order valence-corrected chi connectivity index (χ3v) is 3.58. The number of hydrogen-bond acceptors (Lipinski definition) is 4. The molecule has 0 aliphatic carbocycles. The Morgan fingerprint density at radius 3 is 2.79 bits per heavy atom. The summed E-state index contributed by atoms with van der Waals surface area (Å²) < 4.78 is 5.18. The van der Waals surface area contributed by atoms with Gasteiger partial charge in [-0.2, -0.15) is 0 Å². The highest BCUT2D eigenvalue weighted by Crippen LogP contribution is 2.20. The molecule has 0 radical (unpaired) electrons. The predicted molar refractivity (Wildman–Crippen MR) is 98.7 cm³/mol. The van der Waals surface area contributed by atoms with Crippen molar-refractivity contribution in [2.24, 2.45) is 5.73 Å². The number of nitrogens with one attached hydrogen (secondary N) is 2. The largest absolute Gasteiger partial charge is 0.489 e. The molecular formula is C17H21N5OS. The normalized spacial score (nSPS) is 10.9. The lowest BCUT2D eigenvalue weighted by Crippen LogP contribution is -2.46. The summed E-state index contributed by atoms with van der Waals surface area (Å²) in [5.41, 5.74) is 7.57. The van der Waals surface area contributed by atoms with E-state index in [9.17, 15) is 0 Å². The van der Waals surface area contributed by atoms with Crippen molar-refractivity contribution >= 4 is 23.3 Å². The third-order valence-electron chi connectivity index (χ3n) is 3.21. The van der Waals surface area contributed by atoms with Crippen molar-refractivity contribution in [2.45, 2.75) is 20.1 Å². The Bertz CT molecular complexity index is 673. The van der Waals surface area contributed by atoms with Crippen molar-refractivity contribution in [1.82, 2.24) is 15.2 Å². The van der Waals surface area contributed by atoms with Crippen LogP contribution in [0.25, 0.3) is 0 Å². The summed E-state index contributed by atoms with van der Waals surface area (Å²) >= 11 is 5.12. The van der Waals surface area contributed by atoms with Crippen LogP contribution < -0.4 is 15.8 Å². The van der Waals surface area contributed by atoms with E-state index in [1.807, 2.05) is 37.3 Å². The van der Waals surface area contributed by atoms with Crippen LogP contribution in [0, 0.1) is 5.41 Å². The number of guanidine groups is 1. The smallest absolute Gasteiger partial charge is 0.195 e. The molecule has 1 aliphatic rings. The van der Waals surface area contributed by atoms with Crippen LogP contribution in [0.1, 0.15) is 18.2 Å². The molecule has 0 fully saturated rings. The zero-order chi connectivity index (χ0) is 17.4. The molecule has 1 aliphatic heterocycles. The predicted octanol–water partition coefficient (Wildman–Crippen LogP) is 2.25. The van der Waals surface area contributed by atoms with E-state index in [-0.39, 0.29) is 5.96 Å². The first-order valence-corrected chi connectivity index (χ1v) is 8.02. The molecule has 24 heavy (non-hydrogen) atoms. The first-order chi connectivity index (χ1) is 11.6. The lowest BCUT2D eigenvalue weighted by atomic mass is 10.2. The Morgan fingerprint density at radius 2 is 2.21 bits per heavy atom. The number of aromatic nitrogens is 1. The molecule has 1 aromatic heterocycles. The highest BCUT2D eigenvalue weighted by atomic mass is 32.1. The Balaban J connectivity index is 0.000000214. The highest BCUT2D eigenvalue weighted by molar-refractivity contribution is 7.80. The molecule has 4 N–H and O–H groups in total. The van der Waals surface area contributed by atoms with E-state index < -0.39 is 0 Å². The number of benzene rings is 1. The van der Waals surface area contributed by atoms with Gasteiger partial charge in [0.25, 0.3) is 0 Å². The lowest BCUT2D eigenvalue weighted by molar-refractivity contribution is 0.328. The number of hydrogen-bond donors (Lipinski definition) is 3. The van der Waals surface area contributed by atoms with E-state index in [1.54, 1.807) is 6.20 Å². The summed E-state index contributed by atoms with van der Waals surface area (Å²) in [6, 6.07) is 13.7. The molecule has 6 nitrogen and oxygen atoms in total. The van der Waals surface area contributed by atoms with Crippen LogP contribution >= 0.6 is 12.2 Å². The maximum absolute atomic E-state index is 7.46. The zero-order valence-corrected chi connectivity index (χ0v) is 14.3. The minimum absolute atomic E-state index is 0.0865. The molecule has 0 unspecified atom stereocenters. The fourth-order valence-electron chi connectivity index (χ4n) is 2.06. The fraction of sp³-hybridized carbons (Fsp3) is 0.235. The number of ether oxygens (including phenoxy) is 1. The monoisotopic (exact) mass is 343 g/mol. The van der Waals surface area contributed by atoms with E-state index in [2.05, 4.69) is 22.4 Å². The Kier molecular flexibility index (Phi) is 6.51. The molecular weight excluding hydrogens is 322 g/mol. The summed E-state index contributed by atoms with van der Waals surface area (Å²) in [7, 11) is 0. The first-order valence-electron chi connectivity index (χ1n) is 7.61. The standard InChI is InChI=1S/C10H15N5S.C7H6O/c1-2-13-10(16)15(9(11)12)7-8-5-3-4-6-14-8;1-2-6-4-7(3-1)8-5-6/h3-6H,2,7H2,1H3,(H3,11,12)(H,13,16);1-4H,5H2. The van der Waals surface area contributed by atoms with Crippen LogP contribution in [-0.2, 0) is 13.2 Å². The summed E-state index contributed by atoms with van der Waals surface area (Å²) in [4.78, 5) is 5.66. The number of rotatable bonds is 3. The van der Waals surface area contributed by atoms with Crippen molar-refractivity contribution in [3.8, 4) is 5.75 Å². The van der Waals surface area contributed by atoms with E-state index in [0.29, 0.717) is 18.2 Å². The average molecular weight is 343 g/mol. The maximum atomic E-state index is 7.46. The maximum Gasteiger partial charge on any atom is 0.195 e. The van der Waals surface area contributed by atoms with Crippen molar-refractivity contribution in [2.75, 3.05) is 6.54 Å². The summed E-state index contributed by atoms with van der Waals surface area (Å²) in [5.74, 6) is 0.916. The minimum atomic E-state index is -0.0865. The number of pyridine rings is 1. The molecule has 0 spiro atoms. The van der Waals surface area contributed by atoms with Crippen LogP contribution in [-0.4, -0.2) is 27.5 Å². The molecule has 3 rings (SSSR count). The molecule has 126 valence electrons. The molecule has 2 aromatic rings. The van der Waals surface area contributed by atoms with E-state index in [1.165, 1.54) is 10.5 Å². The van der Waals surface area contributed by atoms with Crippen molar-refractivity contribution in [3.63, 3.8) is 0 Å². The molecule has 2 bridgehead atoms. The molecule has 0 atom stereocenters. The van der Waals surface area contributed by atoms with Gasteiger partial charge in [-0.15, -0.1) is 0 Å². The van der Waals surface area contributed by atoms with Crippen LogP contribution in [0.15, 0.2) is 48.7 Å². The van der Waals surface area contributed by atoms with Gasteiger partial charge in [-0.05, 0) is 49.0 Å². The summed E-state index contributed by atoms with van der Waals surface area (Å²) in [6.07, 6.45) is 1.70. The lowest BCUT2D eigenvalue weighted by Gasteiger charge is -2.23. The van der Waals surface area contributed by atoms with Gasteiger partial charge in [-0.25, -0.2) is 0 Å². The zero-order valence-electron chi connectivity index (χ0n) is 13.5. The van der Waals surface area contributed by atoms with Gasteiger partial charge in [0.05, 0.1) is 12.2 Å². The quantitative estimate of drug-likeness (QED) is 0.450. The summed E-state index contributed by atoms with van der Waals surface area (Å²) in [5, 5.41) is 10.9. The van der Waals surface area contributed by atoms with Crippen LogP contribution in [0.3, 0.4) is 0 Å². The van der Waals surface area contributed by atoms with Gasteiger partial charge >= 0.3 is 0 Å². The van der Waals surface area contributed by atoms with Gasteiger partial charge in [-0.3, -0.25) is 15.3 Å². The van der Waals surface area contributed by atoms with Crippen molar-refractivity contribution in [1.29, 1.82) is 5.41 Å². The van der Waals surface area contributed by atoms with Gasteiger partial charge in [0.15, 0.2) is 11.1 Å². The Labute approximate surface area is 147 Å². The Morgan fingerprint density at radius 1 is 1.38 bits per heavy atom. The minimum Gasteiger partial charge on any atom is -0.489 e. The summed E-state index contributed by atoms with van der Waals surface area (Å²) in [6.45, 7) is 3.81. The van der Waals surface area contributed by atoms with Crippen LogP contribution in [0.4, 0.5) is 0 Å². The SMILES string of the molecule is CCNC(=S)N(Cc1ccccn1)C(=N)N.c1cc2cc(c1)OC2. The molecule has 1 aromatic carbocycles. The van der Waals surface area contributed by atoms with Gasteiger partial charge in [0, 0.05) is 12.7 Å². The molecule has 0 saturated heterocycles. The second-order valence-electron chi connectivity index (χ2n) is 5.06. The van der Waals surface area contributed by atoms with Crippen molar-refractivity contribution < 1.29 is 4.74 Å². The highest BCUT2D eigenvalue weighted by Gasteiger charge is 2.12.